The summed E-state index contributed by atoms with van der Waals surface area (Å²) in [5.41, 5.74) is 0. The van der Waals surface area contributed by atoms with Crippen LogP contribution in [0.15, 0.2) is 0 Å². The lowest BCUT2D eigenvalue weighted by Gasteiger charge is -2.14. The first-order valence-corrected chi connectivity index (χ1v) is 22.7. The van der Waals surface area contributed by atoms with Gasteiger partial charge in [-0.1, -0.05) is 104 Å². The number of carbonyl (C=O) groups is 8. The molecule has 0 spiro atoms. The average molecular weight is 1080 g/mol. The zero-order valence-corrected chi connectivity index (χ0v) is 47.2. The number of aliphatic carboxylic acids is 1. The summed E-state index contributed by atoms with van der Waals surface area (Å²) in [5, 5.41) is 18.3. The highest BCUT2D eigenvalue weighted by Crippen LogP contribution is 2.07. The van der Waals surface area contributed by atoms with E-state index in [1.165, 1.54) is 62.3 Å². The number of hydrogen-bond acceptors (Lipinski definition) is 8. The van der Waals surface area contributed by atoms with E-state index in [1.807, 2.05) is 6.92 Å². The fourth-order valence-electron chi connectivity index (χ4n) is 4.70. The van der Waals surface area contributed by atoms with Crippen LogP contribution in [0.1, 0.15) is 283 Å². The van der Waals surface area contributed by atoms with Crippen LogP contribution < -0.4 is 37.2 Å². The average Bonchev–Trinajstić information content (AvgIpc) is 0.721. The van der Waals surface area contributed by atoms with Crippen LogP contribution in [0.2, 0.25) is 4.24 Å². The summed E-state index contributed by atoms with van der Waals surface area (Å²) in [6.45, 7) is 19.5. The Hall–Kier alpha value is -4.24. The molecule has 7 amide bonds. The zero-order chi connectivity index (χ0) is 89.4. The maximum absolute atomic E-state index is 11.2. The number of hydrogen-bond donors (Lipinski definition) is 8. The lowest BCUT2D eigenvalue weighted by Crippen LogP contribution is -2.40. The predicted molar refractivity (Wildman–Crippen MR) is 308 cm³/mol. The third-order valence-electron chi connectivity index (χ3n) is 5.97. The van der Waals surface area contributed by atoms with Crippen LogP contribution in [0, 0.1) is 41.4 Å². The molecule has 0 radical (unpaired) electrons. The molecule has 438 valence electrons. The largest absolute Gasteiger partial charge is 0.480 e. The monoisotopic (exact) mass is 1080 g/mol. The van der Waals surface area contributed by atoms with Crippen molar-refractivity contribution in [2.45, 2.75) is 281 Å². The quantitative estimate of drug-likeness (QED) is 0.0514. The molecule has 0 aliphatic rings. The van der Waals surface area contributed by atoms with E-state index in [4.69, 9.17) is 53.2 Å². The van der Waals surface area contributed by atoms with Gasteiger partial charge in [-0.25, -0.2) is 4.79 Å². The minimum absolute atomic E-state index is 0. The van der Waals surface area contributed by atoms with Crippen molar-refractivity contribution in [3.05, 3.63) is 0 Å². The van der Waals surface area contributed by atoms with Gasteiger partial charge in [0, 0.05) is 120 Å². The number of amides is 7. The molecule has 73 heavy (non-hydrogen) atoms. The van der Waals surface area contributed by atoms with E-state index in [1.54, 1.807) is 34.6 Å². The SMILES string of the molecule is C.[2H]C(C)(C)C([2H])([2H])C([2H])(C)NC(C)=O.[2H]C([2H])(C(C)C)[C@]([2H])(C)NC(C)=O.[2H]C([2H])([2H])C(C)C([2H])([2H])[C@]([2H])(C)NC(C)=O.[2H]C([2H])([2H])C(C)C[C@H](C)NC(C)=O.[2H]N(C(C)=O)[C@@]([2H])(C(=O)O)C([2H])([2H])C([2H])(C)C([2H])([2H])[2H].[2H]N(C(C)=O)[C@@]([2H])(C)C([2H])([2H])C(C)C.[2H]N(C(C)=O)[C@@]([2H])(C)C([2H])([2H])C(C)C([2H])([2H])[2H]. The fourth-order valence-corrected chi connectivity index (χ4v) is 4.70. The van der Waals surface area contributed by atoms with Gasteiger partial charge in [0.25, 0.3) is 0 Å². The predicted octanol–water partition coefficient (Wildman–Crippen LogP) is 10.6. The van der Waals surface area contributed by atoms with Gasteiger partial charge >= 0.3 is 5.97 Å². The van der Waals surface area contributed by atoms with E-state index in [2.05, 4.69) is 21.3 Å². The van der Waals surface area contributed by atoms with Gasteiger partial charge in [0.15, 0.2) is 4.24 Å². The number of nitrogens with one attached hydrogen (secondary N) is 7. The van der Waals surface area contributed by atoms with E-state index < -0.39 is 172 Å². The number of carboxylic acid groups (broad SMARTS) is 1. The molecule has 11 atom stereocenters. The van der Waals surface area contributed by atoms with Crippen molar-refractivity contribution in [2.24, 2.45) is 41.4 Å². The molecule has 16 heteroatoms. The Morgan fingerprint density at radius 1 is 0.397 bits per heavy atom. The molecule has 0 bridgehead atoms. The molecule has 0 rings (SSSR count). The first-order chi connectivity index (χ1) is 45.9. The Morgan fingerprint density at radius 2 is 0.699 bits per heavy atom. The third kappa shape index (κ3) is 94.2. The molecule has 0 aliphatic heterocycles. The van der Waals surface area contributed by atoms with Gasteiger partial charge in [-0.05, 0) is 128 Å². The second-order valence-electron chi connectivity index (χ2n) is 16.6. The second kappa shape index (κ2) is 52.6. The molecule has 16 nitrogen and oxygen atoms in total. The van der Waals surface area contributed by atoms with Crippen molar-refractivity contribution in [2.75, 3.05) is 0 Å². The van der Waals surface area contributed by atoms with E-state index >= 15 is 0 Å². The van der Waals surface area contributed by atoms with Gasteiger partial charge in [0.05, 0.1) is 8.22 Å². The van der Waals surface area contributed by atoms with E-state index in [0.717, 1.165) is 48.5 Å². The maximum atomic E-state index is 11.2. The van der Waals surface area contributed by atoms with Crippen LogP contribution in [0.25, 0.3) is 0 Å². The van der Waals surface area contributed by atoms with Crippen molar-refractivity contribution in [1.82, 2.24) is 37.2 Å². The highest BCUT2D eigenvalue weighted by Gasteiger charge is 2.19. The summed E-state index contributed by atoms with van der Waals surface area (Å²) >= 11 is 0. The summed E-state index contributed by atoms with van der Waals surface area (Å²) in [6.07, 6.45) is -13.7. The van der Waals surface area contributed by atoms with Gasteiger partial charge in [-0.2, -0.15) is 0 Å². The van der Waals surface area contributed by atoms with Crippen LogP contribution >= 0.6 is 0 Å². The Morgan fingerprint density at radius 3 is 0.959 bits per heavy atom. The smallest absolute Gasteiger partial charge is 0.326 e. The molecule has 0 heterocycles. The second-order valence-corrected chi connectivity index (χ2v) is 16.6. The van der Waals surface area contributed by atoms with Crippen molar-refractivity contribution >= 4 is 47.3 Å². The Balaban J connectivity index is -0.000000181. The highest BCUT2D eigenvalue weighted by atomic mass is 16.4. The number of carbonyl (C=O) groups excluding carboxylic acids is 7. The molecule has 0 saturated carbocycles. The standard InChI is InChI=1S/C8H15NO3.6C8H17NO.CH4/c1-5(2)4-7(8(11)12)9-6(3)10;6*1-6(2)5-7(3)9-8(4)10;/h5,7H,4H2,1-3H3,(H,9,10)(H,11,12);6*6-7H,5H2,1-4H3,(H,9,10);1H4/t6*7-;;/m100000../s1/i1D3,4D2,5D,7D;2*1D3,5D2,7D;2*5D2,7D;1D3;5D2,6D,7D;/hD3/t5?,7-;2*6?,7-;2m;6?,7-;;. The number of carboxylic acids is 1. The summed E-state index contributed by atoms with van der Waals surface area (Å²) in [7, 11) is 0. The molecule has 0 aliphatic carbocycles. The van der Waals surface area contributed by atoms with E-state index in [-0.39, 0.29) is 42.4 Å². The van der Waals surface area contributed by atoms with Gasteiger partial charge < -0.3 is 42.3 Å². The summed E-state index contributed by atoms with van der Waals surface area (Å²) in [6, 6.07) is -13.2. The minimum atomic E-state index is -3.58. The Bertz CT molecular complexity index is 2880. The summed E-state index contributed by atoms with van der Waals surface area (Å²) in [4.78, 5) is 87.2. The first kappa shape index (κ1) is 34.4. The first-order valence-electron chi connectivity index (χ1n) is 40.0. The van der Waals surface area contributed by atoms with Gasteiger partial charge in [0.1, 0.15) is 6.02 Å². The van der Waals surface area contributed by atoms with Gasteiger partial charge in [-0.3, -0.25) is 33.6 Å². The maximum Gasteiger partial charge on any atom is 0.326 e. The van der Waals surface area contributed by atoms with E-state index in [9.17, 15) is 38.4 Å². The van der Waals surface area contributed by atoms with Crippen LogP contribution in [-0.4, -0.2) is 94.6 Å². The molecule has 5 unspecified atom stereocenters. The van der Waals surface area contributed by atoms with Crippen LogP contribution in [0.4, 0.5) is 0 Å². The molecule has 8 N–H and O–H groups in total. The van der Waals surface area contributed by atoms with Crippen LogP contribution in [-0.2, 0) is 38.4 Å². The topological polar surface area (TPSA) is 241 Å². The lowest BCUT2D eigenvalue weighted by molar-refractivity contribution is -0.142. The lowest BCUT2D eigenvalue weighted by atomic mass is 10.0. The molecule has 0 fully saturated rings. The van der Waals surface area contributed by atoms with Crippen LogP contribution in [0.3, 0.4) is 0 Å². The van der Waals surface area contributed by atoms with E-state index in [0.29, 0.717) is 18.7 Å². The molecule has 0 aromatic carbocycles. The van der Waals surface area contributed by atoms with Crippen LogP contribution in [0.5, 0.6) is 0 Å². The van der Waals surface area contributed by atoms with Crippen molar-refractivity contribution in [1.29, 1.82) is 0 Å². The summed E-state index contributed by atoms with van der Waals surface area (Å²) < 4.78 is 261. The highest BCUT2D eigenvalue weighted by molar-refractivity contribution is 5.82. The third-order valence-corrected chi connectivity index (χ3v) is 5.97. The Labute approximate surface area is 499 Å². The molecule has 0 aromatic rings. The van der Waals surface area contributed by atoms with Gasteiger partial charge in [-0.15, -0.1) is 0 Å². The van der Waals surface area contributed by atoms with Gasteiger partial charge in [0.2, 0.25) is 41.4 Å². The summed E-state index contributed by atoms with van der Waals surface area (Å²) in [5.74, 6) is -14.9. The normalized spacial score (nSPS) is 26.6. The van der Waals surface area contributed by atoms with Crippen molar-refractivity contribution in [3.8, 4) is 0 Å². The van der Waals surface area contributed by atoms with Crippen molar-refractivity contribution < 1.29 is 91.6 Å². The molecule has 0 aromatic heterocycles. The molecular formula is C57H121N7O9. The Kier molecular flexibility index (Phi) is 24.8. The number of rotatable bonds is 22. The zero-order valence-electron chi connectivity index (χ0n) is 82.2. The minimum Gasteiger partial charge on any atom is -0.480 e. The molecule has 0 saturated heterocycles. The van der Waals surface area contributed by atoms with Crippen molar-refractivity contribution in [3.63, 3.8) is 0 Å². The fraction of sp³-hybridized carbons (Fsp3) is 0.860. The molecular weight excluding hydrogens is 927 g/mol.